The first-order valence-corrected chi connectivity index (χ1v) is 8.49. The smallest absolute Gasteiger partial charge is 0.255 e. The molecule has 7 nitrogen and oxygen atoms in total. The van der Waals surface area contributed by atoms with E-state index in [-0.39, 0.29) is 25.2 Å². The van der Waals surface area contributed by atoms with E-state index in [0.717, 1.165) is 5.56 Å². The number of amides is 2. The molecule has 0 fully saturated rings. The zero-order valence-electron chi connectivity index (χ0n) is 15.1. The van der Waals surface area contributed by atoms with Crippen molar-refractivity contribution in [2.45, 2.75) is 27.3 Å². The van der Waals surface area contributed by atoms with Crippen LogP contribution in [0.25, 0.3) is 0 Å². The van der Waals surface area contributed by atoms with Crippen LogP contribution in [0.1, 0.15) is 34.4 Å². The summed E-state index contributed by atoms with van der Waals surface area (Å²) in [6.45, 7) is 6.52. The molecule has 0 saturated heterocycles. The third-order valence-electron chi connectivity index (χ3n) is 4.23. The summed E-state index contributed by atoms with van der Waals surface area (Å²) in [7, 11) is 0. The molecule has 138 valence electrons. The van der Waals surface area contributed by atoms with Gasteiger partial charge in [-0.25, -0.2) is 0 Å². The van der Waals surface area contributed by atoms with Gasteiger partial charge in [0.05, 0.1) is 12.1 Å². The summed E-state index contributed by atoms with van der Waals surface area (Å²) < 4.78 is 16.0. The lowest BCUT2D eigenvalue weighted by atomic mass is 10.2. The Balaban J connectivity index is 1.58. The first kappa shape index (κ1) is 17.8. The Morgan fingerprint density at radius 1 is 1.15 bits per heavy atom. The van der Waals surface area contributed by atoms with E-state index in [1.165, 1.54) is 0 Å². The molecule has 0 saturated carbocycles. The Morgan fingerprint density at radius 3 is 2.62 bits per heavy atom. The van der Waals surface area contributed by atoms with Gasteiger partial charge in [0, 0.05) is 13.1 Å². The predicted octanol–water partition coefficient (Wildman–Crippen LogP) is 2.40. The maximum absolute atomic E-state index is 12.5. The van der Waals surface area contributed by atoms with Crippen molar-refractivity contribution in [2.75, 3.05) is 19.9 Å². The monoisotopic (exact) mass is 358 g/mol. The number of aryl methyl sites for hydroxylation is 2. The van der Waals surface area contributed by atoms with Crippen LogP contribution in [0.15, 0.2) is 28.7 Å². The highest BCUT2D eigenvalue weighted by Gasteiger charge is 2.19. The van der Waals surface area contributed by atoms with Gasteiger partial charge in [-0.1, -0.05) is 6.07 Å². The van der Waals surface area contributed by atoms with Crippen LogP contribution in [0, 0.1) is 13.8 Å². The lowest BCUT2D eigenvalue weighted by Crippen LogP contribution is -2.39. The normalized spacial score (nSPS) is 12.1. The molecule has 0 aliphatic carbocycles. The van der Waals surface area contributed by atoms with E-state index in [9.17, 15) is 9.59 Å². The molecule has 1 aliphatic rings. The number of likely N-dealkylation sites (N-methyl/N-ethyl adjacent to an activating group) is 1. The van der Waals surface area contributed by atoms with Crippen molar-refractivity contribution in [3.63, 3.8) is 0 Å². The maximum Gasteiger partial charge on any atom is 0.255 e. The average molecular weight is 358 g/mol. The Morgan fingerprint density at radius 2 is 1.92 bits per heavy atom. The third kappa shape index (κ3) is 3.82. The zero-order valence-corrected chi connectivity index (χ0v) is 15.1. The predicted molar refractivity (Wildman–Crippen MR) is 94.2 cm³/mol. The summed E-state index contributed by atoms with van der Waals surface area (Å²) in [6.07, 6.45) is 0. The van der Waals surface area contributed by atoms with Crippen LogP contribution in [0.5, 0.6) is 11.5 Å². The summed E-state index contributed by atoms with van der Waals surface area (Å²) in [6, 6.07) is 7.27. The highest BCUT2D eigenvalue weighted by atomic mass is 16.7. The van der Waals surface area contributed by atoms with Crippen molar-refractivity contribution in [2.24, 2.45) is 0 Å². The second-order valence-corrected chi connectivity index (χ2v) is 6.11. The van der Waals surface area contributed by atoms with E-state index in [1.54, 1.807) is 24.8 Å². The Hall–Kier alpha value is -2.96. The van der Waals surface area contributed by atoms with Gasteiger partial charge in [0.25, 0.3) is 5.91 Å². The van der Waals surface area contributed by atoms with E-state index in [0.29, 0.717) is 41.7 Å². The van der Waals surface area contributed by atoms with E-state index in [2.05, 4.69) is 5.32 Å². The number of fused-ring (bicyclic) bond motifs is 1. The zero-order chi connectivity index (χ0) is 18.7. The van der Waals surface area contributed by atoms with Crippen LogP contribution in [0.4, 0.5) is 0 Å². The molecule has 2 amide bonds. The second kappa shape index (κ2) is 7.51. The van der Waals surface area contributed by atoms with Crippen molar-refractivity contribution < 1.29 is 23.5 Å². The van der Waals surface area contributed by atoms with E-state index >= 15 is 0 Å². The molecule has 0 spiro atoms. The number of carbonyl (C=O) groups is 2. The minimum atomic E-state index is -0.313. The highest BCUT2D eigenvalue weighted by molar-refractivity contribution is 5.97. The summed E-state index contributed by atoms with van der Waals surface area (Å²) in [5, 5.41) is 2.66. The number of hydrogen-bond acceptors (Lipinski definition) is 5. The Kier molecular flexibility index (Phi) is 5.16. The number of carbonyl (C=O) groups excluding carboxylic acids is 2. The van der Waals surface area contributed by atoms with Crippen LogP contribution < -0.4 is 14.8 Å². The minimum absolute atomic E-state index is 0.0686. The molecule has 0 atom stereocenters. The van der Waals surface area contributed by atoms with Gasteiger partial charge >= 0.3 is 0 Å². The van der Waals surface area contributed by atoms with Gasteiger partial charge in [-0.2, -0.15) is 0 Å². The van der Waals surface area contributed by atoms with Gasteiger partial charge in [-0.05, 0) is 44.5 Å². The second-order valence-electron chi connectivity index (χ2n) is 6.11. The fraction of sp³-hybridized carbons (Fsp3) is 0.368. The SMILES string of the molecule is CCN(Cc1ccc2c(c1)OCO2)C(=O)CNC(=O)c1cc(C)oc1C. The van der Waals surface area contributed by atoms with Crippen molar-refractivity contribution in [3.8, 4) is 11.5 Å². The summed E-state index contributed by atoms with van der Waals surface area (Å²) in [5.74, 6) is 2.13. The molecule has 7 heteroatoms. The van der Waals surface area contributed by atoms with E-state index < -0.39 is 0 Å². The molecule has 1 aromatic carbocycles. The first-order chi connectivity index (χ1) is 12.5. The van der Waals surface area contributed by atoms with Crippen molar-refractivity contribution >= 4 is 11.8 Å². The topological polar surface area (TPSA) is 81.0 Å². The number of ether oxygens (including phenoxy) is 2. The molecule has 26 heavy (non-hydrogen) atoms. The Labute approximate surface area is 151 Å². The van der Waals surface area contributed by atoms with Crippen molar-refractivity contribution in [1.82, 2.24) is 10.2 Å². The minimum Gasteiger partial charge on any atom is -0.466 e. The van der Waals surface area contributed by atoms with Gasteiger partial charge in [-0.3, -0.25) is 9.59 Å². The lowest BCUT2D eigenvalue weighted by molar-refractivity contribution is -0.130. The number of rotatable bonds is 6. The van der Waals surface area contributed by atoms with Crippen LogP contribution in [-0.4, -0.2) is 36.6 Å². The molecular formula is C19H22N2O5. The molecule has 3 rings (SSSR count). The number of hydrogen-bond donors (Lipinski definition) is 1. The fourth-order valence-corrected chi connectivity index (χ4v) is 2.86. The summed E-state index contributed by atoms with van der Waals surface area (Å²) in [5.41, 5.74) is 1.39. The molecule has 1 aliphatic heterocycles. The quantitative estimate of drug-likeness (QED) is 0.858. The summed E-state index contributed by atoms with van der Waals surface area (Å²) >= 11 is 0. The number of nitrogens with one attached hydrogen (secondary N) is 1. The van der Waals surface area contributed by atoms with Gasteiger partial charge in [0.1, 0.15) is 11.5 Å². The molecule has 2 aromatic rings. The van der Waals surface area contributed by atoms with Crippen molar-refractivity contribution in [1.29, 1.82) is 0 Å². The van der Waals surface area contributed by atoms with Gasteiger partial charge in [-0.15, -0.1) is 0 Å². The molecule has 0 unspecified atom stereocenters. The molecule has 1 aromatic heterocycles. The molecular weight excluding hydrogens is 336 g/mol. The van der Waals surface area contributed by atoms with Crippen LogP contribution in [-0.2, 0) is 11.3 Å². The molecule has 0 radical (unpaired) electrons. The third-order valence-corrected chi connectivity index (χ3v) is 4.23. The van der Waals surface area contributed by atoms with E-state index in [1.807, 2.05) is 25.1 Å². The first-order valence-electron chi connectivity index (χ1n) is 8.49. The fourth-order valence-electron chi connectivity index (χ4n) is 2.86. The lowest BCUT2D eigenvalue weighted by Gasteiger charge is -2.21. The average Bonchev–Trinajstić information content (AvgIpc) is 3.22. The number of benzene rings is 1. The number of furan rings is 1. The maximum atomic E-state index is 12.5. The van der Waals surface area contributed by atoms with Crippen LogP contribution >= 0.6 is 0 Å². The van der Waals surface area contributed by atoms with Crippen LogP contribution in [0.3, 0.4) is 0 Å². The summed E-state index contributed by atoms with van der Waals surface area (Å²) in [4.78, 5) is 26.4. The molecule has 0 bridgehead atoms. The van der Waals surface area contributed by atoms with Gasteiger partial charge in [0.15, 0.2) is 11.5 Å². The van der Waals surface area contributed by atoms with Gasteiger partial charge in [0.2, 0.25) is 12.7 Å². The standard InChI is InChI=1S/C19H22N2O5/c1-4-21(10-14-5-6-16-17(8-14)25-11-24-16)18(22)9-20-19(23)15-7-12(2)26-13(15)3/h5-8H,4,9-11H2,1-3H3,(H,20,23). The van der Waals surface area contributed by atoms with Gasteiger partial charge < -0.3 is 24.1 Å². The number of nitrogens with zero attached hydrogens (tertiary/aromatic N) is 1. The molecule has 1 N–H and O–H groups in total. The van der Waals surface area contributed by atoms with E-state index in [4.69, 9.17) is 13.9 Å². The van der Waals surface area contributed by atoms with Crippen LogP contribution in [0.2, 0.25) is 0 Å². The largest absolute Gasteiger partial charge is 0.466 e. The van der Waals surface area contributed by atoms with Crippen molar-refractivity contribution in [3.05, 3.63) is 46.9 Å². The highest BCUT2D eigenvalue weighted by Crippen LogP contribution is 2.32. The Bertz CT molecular complexity index is 827. The molecule has 2 heterocycles.